The number of hydrogen-bond donors (Lipinski definition) is 2. The summed E-state index contributed by atoms with van der Waals surface area (Å²) in [7, 11) is 1.52. The minimum Gasteiger partial charge on any atom is -0.477 e. The summed E-state index contributed by atoms with van der Waals surface area (Å²) >= 11 is 0. The van der Waals surface area contributed by atoms with E-state index in [2.05, 4.69) is 10.3 Å². The predicted octanol–water partition coefficient (Wildman–Crippen LogP) is 3.21. The van der Waals surface area contributed by atoms with Gasteiger partial charge in [0.15, 0.2) is 5.82 Å². The Morgan fingerprint density at radius 3 is 2.70 bits per heavy atom. The van der Waals surface area contributed by atoms with Crippen LogP contribution in [0.15, 0.2) is 53.5 Å². The van der Waals surface area contributed by atoms with E-state index in [1.807, 2.05) is 30.3 Å². The van der Waals surface area contributed by atoms with Crippen LogP contribution in [0.25, 0.3) is 21.9 Å². The number of aromatic carboxylic acids is 1. The van der Waals surface area contributed by atoms with Crippen molar-refractivity contribution in [2.45, 2.75) is 6.04 Å². The van der Waals surface area contributed by atoms with Gasteiger partial charge in [0.25, 0.3) is 0 Å². The monoisotopic (exact) mass is 450 g/mol. The summed E-state index contributed by atoms with van der Waals surface area (Å²) in [5.41, 5.74) is -0.275. The van der Waals surface area contributed by atoms with E-state index >= 15 is 8.78 Å². The number of rotatable bonds is 3. The minimum absolute atomic E-state index is 0.0113. The second kappa shape index (κ2) is 7.93. The molecule has 168 valence electrons. The van der Waals surface area contributed by atoms with Gasteiger partial charge in [-0.2, -0.15) is 0 Å². The van der Waals surface area contributed by atoms with Gasteiger partial charge in [-0.05, 0) is 17.7 Å². The number of anilines is 1. The van der Waals surface area contributed by atoms with Crippen molar-refractivity contribution in [3.8, 4) is 0 Å². The highest BCUT2D eigenvalue weighted by atomic mass is 19.1. The van der Waals surface area contributed by atoms with Crippen molar-refractivity contribution >= 4 is 33.6 Å². The molecule has 2 aromatic heterocycles. The molecule has 2 N–H and O–H groups in total. The summed E-state index contributed by atoms with van der Waals surface area (Å²) in [4.78, 5) is 29.9. The number of carboxylic acid groups (broad SMARTS) is 1. The zero-order valence-electron chi connectivity index (χ0n) is 17.7. The Balaban J connectivity index is 1.64. The van der Waals surface area contributed by atoms with Crippen LogP contribution in [0, 0.1) is 11.6 Å². The lowest BCUT2D eigenvalue weighted by molar-refractivity contribution is 0.0695. The fraction of sp³-hybridized carbons (Fsp3) is 0.208. The van der Waals surface area contributed by atoms with Crippen LogP contribution in [0.3, 0.4) is 0 Å². The Hall–Kier alpha value is -3.85. The van der Waals surface area contributed by atoms with Crippen molar-refractivity contribution in [3.05, 3.63) is 81.6 Å². The first kappa shape index (κ1) is 21.0. The SMILES string of the molecule is Cn1cc(C(=O)O)c(=O)c2cc3cc(F)c(N4CCN[C@H](c5ccccc5)C4)c(F)c3nc21. The zero-order chi connectivity index (χ0) is 23.3. The highest BCUT2D eigenvalue weighted by Crippen LogP contribution is 2.33. The predicted molar refractivity (Wildman–Crippen MR) is 121 cm³/mol. The Labute approximate surface area is 186 Å². The third-order valence-electron chi connectivity index (χ3n) is 6.03. The van der Waals surface area contributed by atoms with Crippen molar-refractivity contribution in [2.75, 3.05) is 24.5 Å². The number of hydrogen-bond acceptors (Lipinski definition) is 5. The highest BCUT2D eigenvalue weighted by molar-refractivity contribution is 5.97. The standard InChI is InChI=1S/C24H20F2N4O3/c1-29-11-16(24(32)33)22(31)15-9-14-10-17(25)21(19(26)20(14)28-23(15)29)30-8-7-27-18(12-30)13-5-3-2-4-6-13/h2-6,9-11,18,27H,7-8,12H2,1H3,(H,32,33)/t18-/m0/s1. The number of pyridine rings is 2. The minimum atomic E-state index is -1.38. The normalized spacial score (nSPS) is 16.5. The molecule has 33 heavy (non-hydrogen) atoms. The Morgan fingerprint density at radius 2 is 1.97 bits per heavy atom. The average molecular weight is 450 g/mol. The molecule has 1 aliphatic rings. The van der Waals surface area contributed by atoms with E-state index in [-0.39, 0.29) is 33.7 Å². The molecule has 1 atom stereocenters. The van der Waals surface area contributed by atoms with Gasteiger partial charge >= 0.3 is 5.97 Å². The third-order valence-corrected chi connectivity index (χ3v) is 6.03. The smallest absolute Gasteiger partial charge is 0.341 e. The lowest BCUT2D eigenvalue weighted by atomic mass is 10.0. The van der Waals surface area contributed by atoms with E-state index < -0.39 is 28.6 Å². The fourth-order valence-corrected chi connectivity index (χ4v) is 4.43. The number of aryl methyl sites for hydroxylation is 1. The molecule has 3 heterocycles. The van der Waals surface area contributed by atoms with Gasteiger partial charge in [-0.3, -0.25) is 4.79 Å². The summed E-state index contributed by atoms with van der Waals surface area (Å²) in [6.07, 6.45) is 1.15. The van der Waals surface area contributed by atoms with Crippen LogP contribution in [0.5, 0.6) is 0 Å². The van der Waals surface area contributed by atoms with Gasteiger partial charge in [-0.25, -0.2) is 18.6 Å². The molecule has 0 amide bonds. The van der Waals surface area contributed by atoms with Crippen molar-refractivity contribution < 1.29 is 18.7 Å². The first-order valence-corrected chi connectivity index (χ1v) is 10.4. The van der Waals surface area contributed by atoms with Gasteiger partial charge < -0.3 is 19.9 Å². The maximum absolute atomic E-state index is 15.7. The van der Waals surface area contributed by atoms with Crippen LogP contribution in [-0.4, -0.2) is 40.3 Å². The zero-order valence-corrected chi connectivity index (χ0v) is 17.7. The van der Waals surface area contributed by atoms with Crippen LogP contribution in [0.1, 0.15) is 22.0 Å². The van der Waals surface area contributed by atoms with Gasteiger partial charge in [0.2, 0.25) is 5.43 Å². The fourth-order valence-electron chi connectivity index (χ4n) is 4.43. The number of benzene rings is 2. The lowest BCUT2D eigenvalue weighted by Gasteiger charge is -2.36. The lowest BCUT2D eigenvalue weighted by Crippen LogP contribution is -2.46. The molecule has 2 aromatic carbocycles. The first-order chi connectivity index (χ1) is 15.8. The molecule has 1 aliphatic heterocycles. The highest BCUT2D eigenvalue weighted by Gasteiger charge is 2.27. The van der Waals surface area contributed by atoms with Crippen molar-refractivity contribution in [3.63, 3.8) is 0 Å². The molecule has 9 heteroatoms. The molecule has 0 radical (unpaired) electrons. The van der Waals surface area contributed by atoms with E-state index in [1.165, 1.54) is 17.7 Å². The number of nitrogens with zero attached hydrogens (tertiary/aromatic N) is 3. The molecule has 4 aromatic rings. The Bertz CT molecular complexity index is 1470. The Morgan fingerprint density at radius 1 is 1.21 bits per heavy atom. The number of nitrogens with one attached hydrogen (secondary N) is 1. The number of carbonyl (C=O) groups is 1. The van der Waals surface area contributed by atoms with E-state index in [1.54, 1.807) is 4.90 Å². The summed E-state index contributed by atoms with van der Waals surface area (Å²) in [6, 6.07) is 12.0. The number of fused-ring (bicyclic) bond motifs is 2. The summed E-state index contributed by atoms with van der Waals surface area (Å²) in [6.45, 7) is 1.34. The third kappa shape index (κ3) is 3.50. The van der Waals surface area contributed by atoms with E-state index in [0.717, 1.165) is 17.8 Å². The van der Waals surface area contributed by atoms with Crippen LogP contribution in [0.2, 0.25) is 0 Å². The van der Waals surface area contributed by atoms with E-state index in [0.29, 0.717) is 19.6 Å². The summed E-state index contributed by atoms with van der Waals surface area (Å²) < 4.78 is 32.2. The van der Waals surface area contributed by atoms with Crippen molar-refractivity contribution in [2.24, 2.45) is 7.05 Å². The van der Waals surface area contributed by atoms with Gasteiger partial charge in [-0.1, -0.05) is 30.3 Å². The van der Waals surface area contributed by atoms with Crippen LogP contribution in [-0.2, 0) is 7.05 Å². The second-order valence-electron chi connectivity index (χ2n) is 8.10. The molecule has 7 nitrogen and oxygen atoms in total. The number of halogens is 2. The molecule has 0 spiro atoms. The topological polar surface area (TPSA) is 87.5 Å². The number of piperazine rings is 1. The Kier molecular flexibility index (Phi) is 5.05. The van der Waals surface area contributed by atoms with Gasteiger partial charge in [-0.15, -0.1) is 0 Å². The average Bonchev–Trinajstić information content (AvgIpc) is 2.81. The molecule has 1 fully saturated rings. The van der Waals surface area contributed by atoms with E-state index in [9.17, 15) is 14.7 Å². The molecule has 0 aliphatic carbocycles. The quantitative estimate of drug-likeness (QED) is 0.466. The van der Waals surface area contributed by atoms with Crippen molar-refractivity contribution in [1.29, 1.82) is 0 Å². The van der Waals surface area contributed by atoms with Crippen molar-refractivity contribution in [1.82, 2.24) is 14.9 Å². The van der Waals surface area contributed by atoms with Gasteiger partial charge in [0.1, 0.15) is 28.2 Å². The summed E-state index contributed by atoms with van der Waals surface area (Å²) in [5.74, 6) is -2.95. The largest absolute Gasteiger partial charge is 0.477 e. The number of aromatic nitrogens is 2. The maximum atomic E-state index is 15.7. The molecule has 1 saturated heterocycles. The molecular weight excluding hydrogens is 430 g/mol. The maximum Gasteiger partial charge on any atom is 0.341 e. The molecular formula is C24H20F2N4O3. The van der Waals surface area contributed by atoms with Crippen LogP contribution in [0.4, 0.5) is 14.5 Å². The number of carboxylic acids is 1. The van der Waals surface area contributed by atoms with Gasteiger partial charge in [0, 0.05) is 44.3 Å². The van der Waals surface area contributed by atoms with E-state index in [4.69, 9.17) is 0 Å². The van der Waals surface area contributed by atoms with Crippen LogP contribution < -0.4 is 15.6 Å². The first-order valence-electron chi connectivity index (χ1n) is 10.4. The second-order valence-corrected chi connectivity index (χ2v) is 8.10. The molecule has 0 unspecified atom stereocenters. The summed E-state index contributed by atoms with van der Waals surface area (Å²) in [5, 5.41) is 12.7. The van der Waals surface area contributed by atoms with Crippen LogP contribution >= 0.6 is 0 Å². The molecule has 0 saturated carbocycles. The molecule has 0 bridgehead atoms. The van der Waals surface area contributed by atoms with Gasteiger partial charge in [0.05, 0.1) is 5.39 Å². The molecule has 5 rings (SSSR count).